The molecule has 0 radical (unpaired) electrons. The fourth-order valence-corrected chi connectivity index (χ4v) is 4.60. The zero-order valence-corrected chi connectivity index (χ0v) is 17.8. The lowest BCUT2D eigenvalue weighted by Crippen LogP contribution is -2.25. The van der Waals surface area contributed by atoms with Crippen LogP contribution in [-0.2, 0) is 24.2 Å². The topological polar surface area (TPSA) is 108 Å². The Morgan fingerprint density at radius 1 is 1.19 bits per heavy atom. The van der Waals surface area contributed by atoms with Crippen LogP contribution in [-0.4, -0.2) is 57.6 Å². The van der Waals surface area contributed by atoms with Crippen LogP contribution in [0.4, 0.5) is 0 Å². The summed E-state index contributed by atoms with van der Waals surface area (Å²) in [6.07, 6.45) is 2.88. The van der Waals surface area contributed by atoms with Crippen molar-refractivity contribution in [1.29, 1.82) is 0 Å². The van der Waals surface area contributed by atoms with Crippen molar-refractivity contribution in [2.24, 2.45) is 5.92 Å². The van der Waals surface area contributed by atoms with Gasteiger partial charge in [0.05, 0.1) is 17.7 Å². The van der Waals surface area contributed by atoms with Gasteiger partial charge >= 0.3 is 0 Å². The van der Waals surface area contributed by atoms with Crippen LogP contribution < -0.4 is 4.74 Å². The number of H-pyrrole nitrogens is 1. The third-order valence-corrected chi connectivity index (χ3v) is 6.36. The molecule has 3 aromatic rings. The van der Waals surface area contributed by atoms with E-state index < -0.39 is 0 Å². The molecule has 5 rings (SSSR count). The molecule has 2 aliphatic heterocycles. The number of phenols is 1. The average molecular weight is 437 g/mol. The van der Waals surface area contributed by atoms with E-state index in [0.29, 0.717) is 30.3 Å². The lowest BCUT2D eigenvalue weighted by Gasteiger charge is -2.21. The second-order valence-electron chi connectivity index (χ2n) is 8.51. The van der Waals surface area contributed by atoms with Crippen molar-refractivity contribution in [3.63, 3.8) is 0 Å². The number of hydrogen-bond acceptors (Lipinski definition) is 6. The van der Waals surface area contributed by atoms with E-state index >= 15 is 0 Å². The summed E-state index contributed by atoms with van der Waals surface area (Å²) >= 11 is 0. The van der Waals surface area contributed by atoms with Gasteiger partial charge in [-0.15, -0.1) is 0 Å². The molecular formula is C24H27N3O5. The van der Waals surface area contributed by atoms with Gasteiger partial charge in [-0.05, 0) is 54.5 Å². The molecule has 8 nitrogen and oxygen atoms in total. The predicted molar refractivity (Wildman–Crippen MR) is 118 cm³/mol. The van der Waals surface area contributed by atoms with Gasteiger partial charge in [-0.3, -0.25) is 9.89 Å². The van der Waals surface area contributed by atoms with Gasteiger partial charge in [-0.25, -0.2) is 0 Å². The van der Waals surface area contributed by atoms with Crippen molar-refractivity contribution < 1.29 is 24.5 Å². The SMILES string of the molecule is O=C(c1cc2c(CC3CCOCC3)[nH]nc2cc1O)N1Cc2ccc(OCCO)cc2C1. The van der Waals surface area contributed by atoms with Gasteiger partial charge in [-0.2, -0.15) is 5.10 Å². The van der Waals surface area contributed by atoms with E-state index in [4.69, 9.17) is 14.6 Å². The third kappa shape index (κ3) is 4.03. The van der Waals surface area contributed by atoms with Gasteiger partial charge < -0.3 is 24.6 Å². The summed E-state index contributed by atoms with van der Waals surface area (Å²) in [7, 11) is 0. The van der Waals surface area contributed by atoms with Gasteiger partial charge in [0.2, 0.25) is 0 Å². The molecule has 8 heteroatoms. The number of aromatic amines is 1. The molecule has 0 unspecified atom stereocenters. The van der Waals surface area contributed by atoms with Gasteiger partial charge in [0.1, 0.15) is 18.1 Å². The zero-order valence-electron chi connectivity index (χ0n) is 17.8. The number of aromatic hydroxyl groups is 1. The maximum atomic E-state index is 13.3. The molecule has 0 atom stereocenters. The second kappa shape index (κ2) is 8.80. The molecule has 168 valence electrons. The first-order valence-electron chi connectivity index (χ1n) is 11.0. The van der Waals surface area contributed by atoms with Crippen LogP contribution in [0, 0.1) is 5.92 Å². The van der Waals surface area contributed by atoms with Gasteiger partial charge in [0.25, 0.3) is 5.91 Å². The van der Waals surface area contributed by atoms with E-state index in [1.54, 1.807) is 17.0 Å². The quantitative estimate of drug-likeness (QED) is 0.547. The number of carbonyl (C=O) groups is 1. The van der Waals surface area contributed by atoms with Crippen molar-refractivity contribution in [3.8, 4) is 11.5 Å². The molecule has 1 aromatic heterocycles. The molecule has 2 aliphatic rings. The van der Waals surface area contributed by atoms with Crippen LogP contribution in [0.15, 0.2) is 30.3 Å². The third-order valence-electron chi connectivity index (χ3n) is 6.36. The summed E-state index contributed by atoms with van der Waals surface area (Å²) < 4.78 is 10.9. The molecule has 0 saturated carbocycles. The number of aliphatic hydroxyl groups excluding tert-OH is 1. The largest absolute Gasteiger partial charge is 0.507 e. The van der Waals surface area contributed by atoms with Gasteiger partial charge in [-0.1, -0.05) is 6.07 Å². The Balaban J connectivity index is 1.37. The Kier molecular flexibility index (Phi) is 5.71. The molecule has 32 heavy (non-hydrogen) atoms. The molecule has 1 fully saturated rings. The predicted octanol–water partition coefficient (Wildman–Crippen LogP) is 2.76. The molecule has 3 N–H and O–H groups in total. The monoisotopic (exact) mass is 437 g/mol. The number of fused-ring (bicyclic) bond motifs is 2. The number of phenolic OH excluding ortho intramolecular Hbond substituents is 1. The first-order valence-corrected chi connectivity index (χ1v) is 11.0. The highest BCUT2D eigenvalue weighted by Crippen LogP contribution is 2.33. The Bertz CT molecular complexity index is 1140. The average Bonchev–Trinajstić information content (AvgIpc) is 3.41. The van der Waals surface area contributed by atoms with Crippen molar-refractivity contribution in [2.45, 2.75) is 32.4 Å². The number of ether oxygens (including phenoxy) is 2. The van der Waals surface area contributed by atoms with Crippen LogP contribution >= 0.6 is 0 Å². The molecule has 3 heterocycles. The van der Waals surface area contributed by atoms with Crippen molar-refractivity contribution in [2.75, 3.05) is 26.4 Å². The number of carbonyl (C=O) groups excluding carboxylic acids is 1. The Morgan fingerprint density at radius 3 is 2.81 bits per heavy atom. The maximum absolute atomic E-state index is 13.3. The number of amides is 1. The van der Waals surface area contributed by atoms with E-state index in [1.807, 2.05) is 18.2 Å². The number of hydrogen-bond donors (Lipinski definition) is 3. The first kappa shape index (κ1) is 20.8. The molecule has 1 amide bonds. The second-order valence-corrected chi connectivity index (χ2v) is 8.51. The highest BCUT2D eigenvalue weighted by atomic mass is 16.5. The first-order chi connectivity index (χ1) is 15.6. The zero-order chi connectivity index (χ0) is 22.1. The van der Waals surface area contributed by atoms with Crippen LogP contribution in [0.2, 0.25) is 0 Å². The molecule has 1 saturated heterocycles. The lowest BCUT2D eigenvalue weighted by atomic mass is 9.93. The number of aliphatic hydroxyl groups is 1. The summed E-state index contributed by atoms with van der Waals surface area (Å²) in [5, 5.41) is 27.8. The van der Waals surface area contributed by atoms with Crippen molar-refractivity contribution in [3.05, 3.63) is 52.7 Å². The summed E-state index contributed by atoms with van der Waals surface area (Å²) in [6, 6.07) is 9.03. The highest BCUT2D eigenvalue weighted by molar-refractivity contribution is 6.01. The minimum absolute atomic E-state index is 0.0476. The van der Waals surface area contributed by atoms with E-state index in [1.165, 1.54) is 0 Å². The number of nitrogens with zero attached hydrogens (tertiary/aromatic N) is 2. The minimum atomic E-state index is -0.211. The van der Waals surface area contributed by atoms with Gasteiger partial charge in [0, 0.05) is 43.4 Å². The molecule has 2 aromatic carbocycles. The lowest BCUT2D eigenvalue weighted by molar-refractivity contribution is 0.0663. The number of rotatable bonds is 6. The summed E-state index contributed by atoms with van der Waals surface area (Å²) in [4.78, 5) is 15.0. The van der Waals surface area contributed by atoms with E-state index in [9.17, 15) is 9.90 Å². The van der Waals surface area contributed by atoms with E-state index in [0.717, 1.165) is 54.7 Å². The Labute approximate surface area is 185 Å². The molecule has 0 aliphatic carbocycles. The fourth-order valence-electron chi connectivity index (χ4n) is 4.60. The van der Waals surface area contributed by atoms with Crippen LogP contribution in [0.3, 0.4) is 0 Å². The van der Waals surface area contributed by atoms with E-state index in [-0.39, 0.29) is 30.4 Å². The normalized spacial score (nSPS) is 16.5. The Hall–Kier alpha value is -3.10. The number of benzene rings is 2. The van der Waals surface area contributed by atoms with Crippen molar-refractivity contribution in [1.82, 2.24) is 15.1 Å². The maximum Gasteiger partial charge on any atom is 0.258 e. The van der Waals surface area contributed by atoms with Crippen LogP contribution in [0.25, 0.3) is 10.9 Å². The minimum Gasteiger partial charge on any atom is -0.507 e. The van der Waals surface area contributed by atoms with Crippen molar-refractivity contribution >= 4 is 16.8 Å². The standard InChI is InChI=1S/C24H27N3O5/c28-5-8-32-18-2-1-16-13-27(14-17(16)10-18)24(30)20-11-19-21(9-15-3-6-31-7-4-15)25-26-22(19)12-23(20)29/h1-2,10-12,15,28-29H,3-9,13-14H2,(H,25,26). The molecular weight excluding hydrogens is 410 g/mol. The fraction of sp³-hybridized carbons (Fsp3) is 0.417. The van der Waals surface area contributed by atoms with Crippen LogP contribution in [0.5, 0.6) is 11.5 Å². The smallest absolute Gasteiger partial charge is 0.258 e. The number of aromatic nitrogens is 2. The van der Waals surface area contributed by atoms with Crippen LogP contribution in [0.1, 0.15) is 40.0 Å². The van der Waals surface area contributed by atoms with Gasteiger partial charge in [0.15, 0.2) is 0 Å². The molecule has 0 bridgehead atoms. The highest BCUT2D eigenvalue weighted by Gasteiger charge is 2.27. The molecule has 0 spiro atoms. The van der Waals surface area contributed by atoms with E-state index in [2.05, 4.69) is 10.2 Å². The number of nitrogens with one attached hydrogen (secondary N) is 1. The summed E-state index contributed by atoms with van der Waals surface area (Å²) in [6.45, 7) is 2.67. The summed E-state index contributed by atoms with van der Waals surface area (Å²) in [5.41, 5.74) is 4.01. The summed E-state index contributed by atoms with van der Waals surface area (Å²) in [5.74, 6) is 0.925. The Morgan fingerprint density at radius 2 is 2.00 bits per heavy atom.